The van der Waals surface area contributed by atoms with Gasteiger partial charge in [-0.25, -0.2) is 0 Å². The molecule has 1 aromatic carbocycles. The summed E-state index contributed by atoms with van der Waals surface area (Å²) in [5, 5.41) is 13.8. The molecule has 0 saturated carbocycles. The summed E-state index contributed by atoms with van der Waals surface area (Å²) in [7, 11) is 0. The lowest BCUT2D eigenvalue weighted by Gasteiger charge is -2.13. The molecule has 1 fully saturated rings. The molecule has 0 bridgehead atoms. The highest BCUT2D eigenvalue weighted by Crippen LogP contribution is 2.25. The van der Waals surface area contributed by atoms with Crippen molar-refractivity contribution in [2.45, 2.75) is 37.6 Å². The van der Waals surface area contributed by atoms with Crippen LogP contribution in [0.5, 0.6) is 0 Å². The maximum absolute atomic E-state index is 13.1. The van der Waals surface area contributed by atoms with E-state index in [1.54, 1.807) is 28.8 Å². The number of carbonyl (C=O) groups excluding carboxylic acids is 2. The molecule has 0 radical (unpaired) electrons. The zero-order chi connectivity index (χ0) is 22.9. The quantitative estimate of drug-likeness (QED) is 0.318. The number of thioether (sulfide) groups is 1. The van der Waals surface area contributed by atoms with Crippen LogP contribution in [-0.4, -0.2) is 49.3 Å². The first kappa shape index (κ1) is 21.8. The molecule has 1 atom stereocenters. The lowest BCUT2D eigenvalue weighted by atomic mass is 10.1. The predicted molar refractivity (Wildman–Crippen MR) is 127 cm³/mol. The molecular formula is C22H21N5O4S2. The van der Waals surface area contributed by atoms with Gasteiger partial charge < -0.3 is 10.1 Å². The molecule has 5 rings (SSSR count). The zero-order valence-electron chi connectivity index (χ0n) is 17.8. The summed E-state index contributed by atoms with van der Waals surface area (Å²) in [5.41, 5.74) is 1.72. The number of hydrogen-bond acceptors (Lipinski definition) is 8. The van der Waals surface area contributed by atoms with Crippen molar-refractivity contribution in [3.8, 4) is 0 Å². The van der Waals surface area contributed by atoms with Crippen molar-refractivity contribution in [3.63, 3.8) is 0 Å². The molecule has 9 nitrogen and oxygen atoms in total. The van der Waals surface area contributed by atoms with Gasteiger partial charge in [0.1, 0.15) is 4.70 Å². The van der Waals surface area contributed by atoms with Gasteiger partial charge in [-0.1, -0.05) is 23.9 Å². The first-order valence-corrected chi connectivity index (χ1v) is 12.4. The monoisotopic (exact) mass is 483 g/mol. The minimum Gasteiger partial charge on any atom is -0.376 e. The van der Waals surface area contributed by atoms with Gasteiger partial charge in [0.25, 0.3) is 5.56 Å². The van der Waals surface area contributed by atoms with E-state index in [0.29, 0.717) is 40.0 Å². The van der Waals surface area contributed by atoms with E-state index < -0.39 is 0 Å². The number of carbonyl (C=O) groups is 2. The smallest absolute Gasteiger partial charge is 0.272 e. The molecule has 1 saturated heterocycles. The highest BCUT2D eigenvalue weighted by molar-refractivity contribution is 7.99. The fourth-order valence-electron chi connectivity index (χ4n) is 3.89. The van der Waals surface area contributed by atoms with Crippen LogP contribution in [0.1, 0.15) is 30.1 Å². The number of rotatable bonds is 7. The second kappa shape index (κ2) is 9.08. The van der Waals surface area contributed by atoms with E-state index in [1.165, 1.54) is 30.0 Å². The van der Waals surface area contributed by atoms with Gasteiger partial charge in [-0.05, 0) is 43.3 Å². The third-order valence-corrected chi connectivity index (χ3v) is 7.30. The van der Waals surface area contributed by atoms with Crippen LogP contribution in [0, 0.1) is 0 Å². The first-order valence-electron chi connectivity index (χ1n) is 10.5. The van der Waals surface area contributed by atoms with E-state index in [2.05, 4.69) is 15.5 Å². The van der Waals surface area contributed by atoms with Gasteiger partial charge in [0.05, 0.1) is 23.9 Å². The molecule has 11 heteroatoms. The SMILES string of the molecule is CC(=O)c1cccc(NC(=O)CSc2nnc3n(C[C@@H]4CCCO4)c(=O)c4sccc4n23)c1. The highest BCUT2D eigenvalue weighted by Gasteiger charge is 2.23. The van der Waals surface area contributed by atoms with Crippen LogP contribution in [0.25, 0.3) is 16.0 Å². The van der Waals surface area contributed by atoms with Crippen LogP contribution in [0.4, 0.5) is 5.69 Å². The van der Waals surface area contributed by atoms with Crippen molar-refractivity contribution in [1.82, 2.24) is 19.2 Å². The van der Waals surface area contributed by atoms with Gasteiger partial charge in [-0.3, -0.25) is 23.4 Å². The van der Waals surface area contributed by atoms with Gasteiger partial charge in [0.2, 0.25) is 11.7 Å². The molecule has 0 aliphatic carbocycles. The molecule has 1 N–H and O–H groups in total. The topological polar surface area (TPSA) is 108 Å². The number of nitrogens with zero attached hydrogens (tertiary/aromatic N) is 4. The summed E-state index contributed by atoms with van der Waals surface area (Å²) in [6.45, 7) is 2.61. The van der Waals surface area contributed by atoms with Crippen LogP contribution in [0.15, 0.2) is 45.7 Å². The van der Waals surface area contributed by atoms with Crippen LogP contribution in [0.2, 0.25) is 0 Å². The fourth-order valence-corrected chi connectivity index (χ4v) is 5.46. The number of fused-ring (bicyclic) bond motifs is 3. The number of aromatic nitrogens is 4. The molecule has 1 aliphatic heterocycles. The van der Waals surface area contributed by atoms with Crippen molar-refractivity contribution >= 4 is 56.5 Å². The number of Topliss-reactive ketones (excluding diaryl/α,β-unsaturated/α-hetero) is 1. The third-order valence-electron chi connectivity index (χ3n) is 5.48. The van der Waals surface area contributed by atoms with Crippen molar-refractivity contribution in [3.05, 3.63) is 51.6 Å². The zero-order valence-corrected chi connectivity index (χ0v) is 19.4. The minimum absolute atomic E-state index is 0.0201. The largest absolute Gasteiger partial charge is 0.376 e. The Bertz CT molecular complexity index is 1420. The average Bonchev–Trinajstić information content (AvgIpc) is 3.56. The molecule has 170 valence electrons. The van der Waals surface area contributed by atoms with Crippen molar-refractivity contribution < 1.29 is 14.3 Å². The second-order valence-electron chi connectivity index (χ2n) is 7.78. The summed E-state index contributed by atoms with van der Waals surface area (Å²) in [5.74, 6) is 0.246. The van der Waals surface area contributed by atoms with E-state index in [9.17, 15) is 14.4 Å². The third kappa shape index (κ3) is 4.31. The lowest BCUT2D eigenvalue weighted by molar-refractivity contribution is -0.113. The Morgan fingerprint density at radius 1 is 1.30 bits per heavy atom. The van der Waals surface area contributed by atoms with Crippen molar-refractivity contribution in [1.29, 1.82) is 0 Å². The standard InChI is InChI=1S/C22H21N5O4S2/c1-13(28)14-4-2-5-15(10-14)23-18(29)12-33-22-25-24-21-26(11-16-6-3-8-31-16)20(30)19-17(27(21)22)7-9-32-19/h2,4-5,7,9-10,16H,3,6,8,11-12H2,1H3,(H,23,29)/t16-/m0/s1. The van der Waals surface area contributed by atoms with E-state index >= 15 is 0 Å². The Kier molecular flexibility index (Phi) is 6.00. The van der Waals surface area contributed by atoms with Crippen LogP contribution in [-0.2, 0) is 16.1 Å². The number of ketones is 1. The van der Waals surface area contributed by atoms with Gasteiger partial charge in [0, 0.05) is 17.9 Å². The Morgan fingerprint density at radius 3 is 2.97 bits per heavy atom. The normalized spacial score (nSPS) is 16.0. The molecule has 4 aromatic rings. The van der Waals surface area contributed by atoms with Gasteiger partial charge in [-0.15, -0.1) is 21.5 Å². The Hall–Kier alpha value is -3.02. The van der Waals surface area contributed by atoms with Gasteiger partial charge in [-0.2, -0.15) is 0 Å². The van der Waals surface area contributed by atoms with Gasteiger partial charge in [0.15, 0.2) is 10.9 Å². The van der Waals surface area contributed by atoms with E-state index in [0.717, 1.165) is 18.4 Å². The molecule has 1 amide bonds. The Morgan fingerprint density at radius 2 is 2.18 bits per heavy atom. The Labute approximate surface area is 196 Å². The number of benzene rings is 1. The maximum Gasteiger partial charge on any atom is 0.272 e. The number of ether oxygens (including phenoxy) is 1. The first-order chi connectivity index (χ1) is 16.0. The minimum atomic E-state index is -0.230. The number of anilines is 1. The van der Waals surface area contributed by atoms with Crippen molar-refractivity contribution in [2.24, 2.45) is 0 Å². The van der Waals surface area contributed by atoms with Crippen LogP contribution >= 0.6 is 23.1 Å². The molecule has 1 aliphatic rings. The molecule has 4 heterocycles. The summed E-state index contributed by atoms with van der Waals surface area (Å²) < 4.78 is 9.80. The van der Waals surface area contributed by atoms with Crippen LogP contribution < -0.4 is 10.9 Å². The maximum atomic E-state index is 13.1. The number of hydrogen-bond donors (Lipinski definition) is 1. The molecule has 33 heavy (non-hydrogen) atoms. The van der Waals surface area contributed by atoms with E-state index in [-0.39, 0.29) is 29.1 Å². The fraction of sp³-hybridized carbons (Fsp3) is 0.318. The lowest BCUT2D eigenvalue weighted by Crippen LogP contribution is -2.28. The summed E-state index contributed by atoms with van der Waals surface area (Å²) >= 11 is 2.61. The average molecular weight is 484 g/mol. The molecule has 0 spiro atoms. The van der Waals surface area contributed by atoms with Crippen molar-refractivity contribution in [2.75, 3.05) is 17.7 Å². The summed E-state index contributed by atoms with van der Waals surface area (Å²) in [4.78, 5) is 37.2. The second-order valence-corrected chi connectivity index (χ2v) is 9.64. The van der Waals surface area contributed by atoms with E-state index in [4.69, 9.17) is 4.74 Å². The summed E-state index contributed by atoms with van der Waals surface area (Å²) in [6, 6.07) is 8.69. The van der Waals surface area contributed by atoms with Crippen LogP contribution in [0.3, 0.4) is 0 Å². The molecular weight excluding hydrogens is 462 g/mol. The number of thiophene rings is 1. The van der Waals surface area contributed by atoms with E-state index in [1.807, 2.05) is 15.8 Å². The molecule has 0 unspecified atom stereocenters. The predicted octanol–water partition coefficient (Wildman–Crippen LogP) is 3.22. The number of amides is 1. The highest BCUT2D eigenvalue weighted by atomic mass is 32.2. The Balaban J connectivity index is 1.40. The molecule has 3 aromatic heterocycles. The summed E-state index contributed by atoms with van der Waals surface area (Å²) in [6.07, 6.45) is 1.87. The van der Waals surface area contributed by atoms with Gasteiger partial charge >= 0.3 is 0 Å². The number of nitrogens with one attached hydrogen (secondary N) is 1.